The normalized spacial score (nSPS) is 17.4. The highest BCUT2D eigenvalue weighted by Crippen LogP contribution is 2.31. The van der Waals surface area contributed by atoms with E-state index in [1.165, 1.54) is 17.5 Å². The number of benzene rings is 1. The van der Waals surface area contributed by atoms with E-state index in [0.29, 0.717) is 5.01 Å². The Bertz CT molecular complexity index is 1010. The average molecular weight is 459 g/mol. The first kappa shape index (κ1) is 21.9. The van der Waals surface area contributed by atoms with E-state index in [4.69, 9.17) is 21.6 Å². The van der Waals surface area contributed by atoms with E-state index in [9.17, 15) is 22.8 Å². The van der Waals surface area contributed by atoms with Crippen LogP contribution in [0.15, 0.2) is 23.6 Å². The number of thiazole rings is 1. The lowest BCUT2D eigenvalue weighted by molar-refractivity contribution is -0.131. The molecule has 2 aromatic rings. The summed E-state index contributed by atoms with van der Waals surface area (Å²) >= 11 is 6.71. The minimum Gasteiger partial charge on any atom is -0.486 e. The molecule has 158 valence electrons. The second-order valence-corrected chi connectivity index (χ2v) is 7.75. The molecular formula is C18H14ClF3N4O3S. The number of rotatable bonds is 6. The molecule has 0 radical (unpaired) electrons. The van der Waals surface area contributed by atoms with E-state index < -0.39 is 49.1 Å². The zero-order valence-electron chi connectivity index (χ0n) is 15.2. The molecule has 0 unspecified atom stereocenters. The molecule has 0 aliphatic carbocycles. The minimum atomic E-state index is -3.13. The van der Waals surface area contributed by atoms with Gasteiger partial charge in [-0.15, -0.1) is 11.3 Å². The van der Waals surface area contributed by atoms with Gasteiger partial charge >= 0.3 is 0 Å². The number of alkyl halides is 2. The predicted molar refractivity (Wildman–Crippen MR) is 101 cm³/mol. The summed E-state index contributed by atoms with van der Waals surface area (Å²) in [7, 11) is 0. The first-order valence-electron chi connectivity index (χ1n) is 8.56. The maximum absolute atomic E-state index is 13.4. The van der Waals surface area contributed by atoms with Crippen LogP contribution in [0, 0.1) is 17.1 Å². The van der Waals surface area contributed by atoms with Gasteiger partial charge in [-0.25, -0.2) is 18.2 Å². The Balaban J connectivity index is 1.52. The van der Waals surface area contributed by atoms with Crippen LogP contribution in [0.1, 0.15) is 21.9 Å². The van der Waals surface area contributed by atoms with Crippen molar-refractivity contribution in [1.29, 1.82) is 5.26 Å². The van der Waals surface area contributed by atoms with Crippen molar-refractivity contribution in [2.45, 2.75) is 25.0 Å². The highest BCUT2D eigenvalue weighted by atomic mass is 35.5. The van der Waals surface area contributed by atoms with Crippen LogP contribution in [0.25, 0.3) is 0 Å². The third-order valence-corrected chi connectivity index (χ3v) is 5.31. The first-order chi connectivity index (χ1) is 14.2. The summed E-state index contributed by atoms with van der Waals surface area (Å²) in [5, 5.41) is 13.0. The topological polar surface area (TPSA) is 95.3 Å². The molecule has 30 heavy (non-hydrogen) atoms. The molecule has 1 saturated heterocycles. The van der Waals surface area contributed by atoms with Crippen molar-refractivity contribution < 1.29 is 27.5 Å². The number of carbonyl (C=O) groups excluding carboxylic acids is 2. The van der Waals surface area contributed by atoms with E-state index in [1.54, 1.807) is 6.07 Å². The minimum absolute atomic E-state index is 0.0114. The molecule has 1 N–H and O–H groups in total. The van der Waals surface area contributed by atoms with Gasteiger partial charge in [-0.3, -0.25) is 9.59 Å². The lowest BCUT2D eigenvalue weighted by Crippen LogP contribution is -2.43. The van der Waals surface area contributed by atoms with Crippen LogP contribution in [-0.4, -0.2) is 46.8 Å². The van der Waals surface area contributed by atoms with Crippen LogP contribution in [0.5, 0.6) is 5.75 Å². The number of nitrogens with one attached hydrogen (secondary N) is 1. The van der Waals surface area contributed by atoms with Crippen molar-refractivity contribution in [2.75, 3.05) is 13.1 Å². The van der Waals surface area contributed by atoms with E-state index in [1.807, 2.05) is 0 Å². The van der Waals surface area contributed by atoms with Crippen LogP contribution in [0.2, 0.25) is 5.02 Å². The van der Waals surface area contributed by atoms with Gasteiger partial charge in [0.25, 0.3) is 11.8 Å². The van der Waals surface area contributed by atoms with Crippen molar-refractivity contribution >= 4 is 34.8 Å². The number of nitrogens with zero attached hydrogens (tertiary/aromatic N) is 3. The molecule has 1 aromatic heterocycles. The fourth-order valence-electron chi connectivity index (χ4n) is 2.74. The summed E-state index contributed by atoms with van der Waals surface area (Å²) in [6, 6.07) is 4.37. The van der Waals surface area contributed by atoms with E-state index in [-0.39, 0.29) is 23.1 Å². The molecule has 7 nitrogen and oxygen atoms in total. The summed E-state index contributed by atoms with van der Waals surface area (Å²) in [6.45, 7) is -1.42. The molecule has 1 aliphatic heterocycles. The Kier molecular flexibility index (Phi) is 6.48. The molecular weight excluding hydrogens is 445 g/mol. The van der Waals surface area contributed by atoms with Gasteiger partial charge in [0, 0.05) is 17.9 Å². The number of hydrogen-bond acceptors (Lipinski definition) is 6. The molecule has 1 aliphatic rings. The summed E-state index contributed by atoms with van der Waals surface area (Å²) in [5.74, 6) is -4.99. The van der Waals surface area contributed by atoms with Gasteiger partial charge in [0.15, 0.2) is 0 Å². The van der Waals surface area contributed by atoms with Gasteiger partial charge in [-0.2, -0.15) is 5.26 Å². The predicted octanol–water partition coefficient (Wildman–Crippen LogP) is 3.00. The summed E-state index contributed by atoms with van der Waals surface area (Å²) in [6.07, 6.45) is -0.726. The highest BCUT2D eigenvalue weighted by molar-refractivity contribution is 7.09. The Morgan fingerprint density at radius 1 is 1.47 bits per heavy atom. The molecule has 0 saturated carbocycles. The number of nitriles is 1. The number of carbonyl (C=O) groups is 2. The maximum Gasteiger partial charge on any atom is 0.271 e. The lowest BCUT2D eigenvalue weighted by atomic mass is 10.2. The molecule has 1 aromatic carbocycles. The molecule has 1 fully saturated rings. The Labute approximate surface area is 178 Å². The standard InChI is InChI=1S/C18H14ClF3N4O3S/c19-12-2-1-11(3-13(12)20)29-7-15-25-14(8-30-15)17(28)24-6-16(27)26-9-18(21,22)4-10(26)5-23/h1-3,8,10H,4,6-7,9H2,(H,24,28)/t10-/m0/s1. The molecule has 0 spiro atoms. The van der Waals surface area contributed by atoms with Gasteiger partial charge < -0.3 is 15.0 Å². The molecule has 2 heterocycles. The van der Waals surface area contributed by atoms with Gasteiger partial charge in [0.05, 0.1) is 24.2 Å². The van der Waals surface area contributed by atoms with E-state index in [2.05, 4.69) is 10.3 Å². The average Bonchev–Trinajstić information content (AvgIpc) is 3.30. The number of halogens is 4. The van der Waals surface area contributed by atoms with Gasteiger partial charge in [0.1, 0.15) is 34.9 Å². The summed E-state index contributed by atoms with van der Waals surface area (Å²) < 4.78 is 45.6. The highest BCUT2D eigenvalue weighted by Gasteiger charge is 2.47. The van der Waals surface area contributed by atoms with Crippen LogP contribution < -0.4 is 10.1 Å². The van der Waals surface area contributed by atoms with Crippen molar-refractivity contribution in [1.82, 2.24) is 15.2 Å². The van der Waals surface area contributed by atoms with Crippen molar-refractivity contribution in [3.05, 3.63) is 45.1 Å². The van der Waals surface area contributed by atoms with Crippen LogP contribution >= 0.6 is 22.9 Å². The molecule has 2 amide bonds. The van der Waals surface area contributed by atoms with Crippen LogP contribution in [0.3, 0.4) is 0 Å². The third kappa shape index (κ3) is 5.20. The zero-order valence-corrected chi connectivity index (χ0v) is 16.8. The third-order valence-electron chi connectivity index (χ3n) is 4.18. The SMILES string of the molecule is N#C[C@@H]1CC(F)(F)CN1C(=O)CNC(=O)c1csc(COc2ccc(Cl)c(F)c2)n1. The molecule has 12 heteroatoms. The smallest absolute Gasteiger partial charge is 0.271 e. The van der Waals surface area contributed by atoms with Crippen molar-refractivity contribution in [2.24, 2.45) is 0 Å². The second-order valence-electron chi connectivity index (χ2n) is 6.40. The quantitative estimate of drug-likeness (QED) is 0.718. The number of hydrogen-bond donors (Lipinski definition) is 1. The van der Waals surface area contributed by atoms with Gasteiger partial charge in [-0.1, -0.05) is 11.6 Å². The van der Waals surface area contributed by atoms with E-state index >= 15 is 0 Å². The van der Waals surface area contributed by atoms with Crippen molar-refractivity contribution in [3.8, 4) is 11.8 Å². The monoisotopic (exact) mass is 458 g/mol. The lowest BCUT2D eigenvalue weighted by Gasteiger charge is -2.19. The van der Waals surface area contributed by atoms with Crippen molar-refractivity contribution in [3.63, 3.8) is 0 Å². The first-order valence-corrected chi connectivity index (χ1v) is 9.81. The fourth-order valence-corrected chi connectivity index (χ4v) is 3.54. The molecule has 1 atom stereocenters. The maximum atomic E-state index is 13.4. The number of aromatic nitrogens is 1. The van der Waals surface area contributed by atoms with Crippen LogP contribution in [0.4, 0.5) is 13.2 Å². The molecule has 3 rings (SSSR count). The molecule has 0 bridgehead atoms. The summed E-state index contributed by atoms with van der Waals surface area (Å²) in [5.41, 5.74) is 0.0114. The number of likely N-dealkylation sites (tertiary alicyclic amines) is 1. The second kappa shape index (κ2) is 8.89. The fraction of sp³-hybridized carbons (Fsp3) is 0.333. The Morgan fingerprint density at radius 2 is 2.23 bits per heavy atom. The van der Waals surface area contributed by atoms with E-state index in [0.717, 1.165) is 22.3 Å². The van der Waals surface area contributed by atoms with Crippen LogP contribution in [-0.2, 0) is 11.4 Å². The Morgan fingerprint density at radius 3 is 2.93 bits per heavy atom. The summed E-state index contributed by atoms with van der Waals surface area (Å²) in [4.78, 5) is 29.1. The van der Waals surface area contributed by atoms with Gasteiger partial charge in [-0.05, 0) is 12.1 Å². The largest absolute Gasteiger partial charge is 0.486 e. The Hall–Kier alpha value is -2.84. The number of amides is 2. The number of ether oxygens (including phenoxy) is 1. The zero-order chi connectivity index (χ0) is 21.9. The van der Waals surface area contributed by atoms with Gasteiger partial charge in [0.2, 0.25) is 5.91 Å².